The number of carbonyl (C=O) groups is 2. The van der Waals surface area contributed by atoms with E-state index in [9.17, 15) is 14.4 Å². The van der Waals surface area contributed by atoms with Gasteiger partial charge in [0.05, 0.1) is 12.2 Å². The summed E-state index contributed by atoms with van der Waals surface area (Å²) < 4.78 is 21.5. The van der Waals surface area contributed by atoms with Gasteiger partial charge in [-0.1, -0.05) is 13.5 Å². The van der Waals surface area contributed by atoms with E-state index in [1.54, 1.807) is 36.4 Å². The quantitative estimate of drug-likeness (QED) is 0.141. The first-order valence-electron chi connectivity index (χ1n) is 10.7. The van der Waals surface area contributed by atoms with Crippen molar-refractivity contribution in [2.75, 3.05) is 6.61 Å². The Balaban J connectivity index is 1.53. The zero-order valence-electron chi connectivity index (χ0n) is 18.7. The summed E-state index contributed by atoms with van der Waals surface area (Å²) in [6, 6.07) is 12.9. The maximum Gasteiger partial charge on any atom is 0.343 e. The first-order valence-corrected chi connectivity index (χ1v) is 10.7. The fourth-order valence-corrected chi connectivity index (χ4v) is 3.28. The van der Waals surface area contributed by atoms with Crippen LogP contribution in [-0.4, -0.2) is 24.6 Å². The van der Waals surface area contributed by atoms with Crippen LogP contribution in [0.25, 0.3) is 11.0 Å². The van der Waals surface area contributed by atoms with E-state index in [4.69, 9.17) is 18.6 Å². The highest BCUT2D eigenvalue weighted by molar-refractivity contribution is 5.92. The molecule has 1 atom stereocenters. The molecule has 0 bridgehead atoms. The van der Waals surface area contributed by atoms with Crippen LogP contribution in [-0.2, 0) is 9.53 Å². The second-order valence-electron chi connectivity index (χ2n) is 7.48. The Hall–Kier alpha value is -3.87. The van der Waals surface area contributed by atoms with Gasteiger partial charge in [-0.05, 0) is 68.1 Å². The number of fused-ring (bicyclic) bond motifs is 1. The van der Waals surface area contributed by atoms with E-state index in [0.29, 0.717) is 36.3 Å². The topological polar surface area (TPSA) is 92.0 Å². The number of ether oxygens (including phenoxy) is 3. The van der Waals surface area contributed by atoms with Crippen LogP contribution in [0.1, 0.15) is 42.1 Å². The first kappa shape index (κ1) is 23.8. The number of rotatable bonds is 10. The van der Waals surface area contributed by atoms with E-state index in [-0.39, 0.29) is 11.9 Å². The lowest BCUT2D eigenvalue weighted by atomic mass is 10.1. The van der Waals surface area contributed by atoms with Crippen LogP contribution in [0.15, 0.2) is 70.4 Å². The zero-order valence-corrected chi connectivity index (χ0v) is 18.7. The summed E-state index contributed by atoms with van der Waals surface area (Å²) in [5.41, 5.74) is 1.05. The molecule has 0 radical (unpaired) electrons. The highest BCUT2D eigenvalue weighted by Gasteiger charge is 2.12. The molecule has 0 saturated carbocycles. The van der Waals surface area contributed by atoms with Gasteiger partial charge in [0.2, 0.25) is 0 Å². The summed E-state index contributed by atoms with van der Waals surface area (Å²) in [5, 5.41) is 0.778. The Labute approximate surface area is 191 Å². The molecule has 7 nitrogen and oxygen atoms in total. The van der Waals surface area contributed by atoms with Gasteiger partial charge >= 0.3 is 17.6 Å². The summed E-state index contributed by atoms with van der Waals surface area (Å²) in [7, 11) is 0. The van der Waals surface area contributed by atoms with Crippen molar-refractivity contribution in [3.63, 3.8) is 0 Å². The third-order valence-electron chi connectivity index (χ3n) is 5.07. The van der Waals surface area contributed by atoms with Crippen LogP contribution in [0.4, 0.5) is 0 Å². The molecular weight excluding hydrogens is 424 g/mol. The van der Waals surface area contributed by atoms with Gasteiger partial charge in [-0.25, -0.2) is 14.4 Å². The molecule has 1 unspecified atom stereocenters. The average molecular weight is 450 g/mol. The van der Waals surface area contributed by atoms with E-state index in [1.807, 2.05) is 13.8 Å². The molecule has 0 N–H and O–H groups in total. The highest BCUT2D eigenvalue weighted by atomic mass is 16.5. The van der Waals surface area contributed by atoms with Gasteiger partial charge < -0.3 is 18.6 Å². The minimum absolute atomic E-state index is 0.164. The SMILES string of the molecule is C=CC(=O)OC(CC)CCCOc1ccc(C(=O)Oc2ccc3c(C)cc(=O)oc3c2)cc1. The van der Waals surface area contributed by atoms with E-state index >= 15 is 0 Å². The molecule has 1 heterocycles. The highest BCUT2D eigenvalue weighted by Crippen LogP contribution is 2.23. The lowest BCUT2D eigenvalue weighted by molar-refractivity contribution is -0.143. The predicted octanol–water partition coefficient (Wildman–Crippen LogP) is 4.99. The monoisotopic (exact) mass is 450 g/mol. The van der Waals surface area contributed by atoms with Gasteiger partial charge in [0, 0.05) is 23.6 Å². The number of hydrogen-bond acceptors (Lipinski definition) is 7. The van der Waals surface area contributed by atoms with Crippen molar-refractivity contribution in [2.45, 2.75) is 39.2 Å². The summed E-state index contributed by atoms with van der Waals surface area (Å²) in [4.78, 5) is 35.3. The average Bonchev–Trinajstić information content (AvgIpc) is 2.80. The lowest BCUT2D eigenvalue weighted by Gasteiger charge is -2.15. The first-order chi connectivity index (χ1) is 15.9. The molecule has 0 aliphatic carbocycles. The molecule has 33 heavy (non-hydrogen) atoms. The van der Waals surface area contributed by atoms with Gasteiger partial charge in [0.15, 0.2) is 0 Å². The van der Waals surface area contributed by atoms with Crippen molar-refractivity contribution in [2.24, 2.45) is 0 Å². The second kappa shape index (κ2) is 11.1. The molecule has 0 aliphatic rings. The maximum absolute atomic E-state index is 12.5. The molecule has 1 aromatic heterocycles. The minimum Gasteiger partial charge on any atom is -0.494 e. The summed E-state index contributed by atoms with van der Waals surface area (Å²) in [6.45, 7) is 7.62. The van der Waals surface area contributed by atoms with Crippen LogP contribution >= 0.6 is 0 Å². The van der Waals surface area contributed by atoms with Crippen molar-refractivity contribution in [1.29, 1.82) is 0 Å². The Morgan fingerprint density at radius 1 is 1.09 bits per heavy atom. The predicted molar refractivity (Wildman–Crippen MR) is 124 cm³/mol. The fraction of sp³-hybridized carbons (Fsp3) is 0.269. The fourth-order valence-electron chi connectivity index (χ4n) is 3.28. The van der Waals surface area contributed by atoms with E-state index in [0.717, 1.165) is 23.4 Å². The standard InChI is InChI=1S/C26H26O7/c1-4-19(31-24(27)5-2)7-6-14-30-20-10-8-18(9-11-20)26(29)32-21-12-13-22-17(3)15-25(28)33-23(22)16-21/h5,8-13,15-16,19H,2,4,6-7,14H2,1,3H3. The van der Waals surface area contributed by atoms with Gasteiger partial charge in [-0.3, -0.25) is 0 Å². The zero-order chi connectivity index (χ0) is 23.8. The van der Waals surface area contributed by atoms with E-state index in [2.05, 4.69) is 6.58 Å². The van der Waals surface area contributed by atoms with Crippen LogP contribution in [0.3, 0.4) is 0 Å². The van der Waals surface area contributed by atoms with E-state index < -0.39 is 17.6 Å². The maximum atomic E-state index is 12.5. The Kier molecular flexibility index (Phi) is 8.02. The molecule has 0 aliphatic heterocycles. The van der Waals surface area contributed by atoms with Crippen LogP contribution < -0.4 is 15.1 Å². The largest absolute Gasteiger partial charge is 0.494 e. The van der Waals surface area contributed by atoms with Gasteiger partial charge in [0.1, 0.15) is 23.2 Å². The lowest BCUT2D eigenvalue weighted by Crippen LogP contribution is -2.16. The van der Waals surface area contributed by atoms with Crippen molar-refractivity contribution < 1.29 is 28.2 Å². The Morgan fingerprint density at radius 2 is 1.82 bits per heavy atom. The minimum atomic E-state index is -0.536. The molecule has 0 amide bonds. The van der Waals surface area contributed by atoms with Gasteiger partial charge in [-0.15, -0.1) is 0 Å². The molecular formula is C26H26O7. The van der Waals surface area contributed by atoms with Crippen molar-refractivity contribution in [3.05, 3.63) is 82.7 Å². The van der Waals surface area contributed by atoms with Crippen molar-refractivity contribution in [3.8, 4) is 11.5 Å². The normalized spacial score (nSPS) is 11.6. The smallest absolute Gasteiger partial charge is 0.343 e. The Morgan fingerprint density at radius 3 is 2.52 bits per heavy atom. The number of carbonyl (C=O) groups excluding carboxylic acids is 2. The molecule has 172 valence electrons. The van der Waals surface area contributed by atoms with Gasteiger partial charge in [0.25, 0.3) is 0 Å². The summed E-state index contributed by atoms with van der Waals surface area (Å²) >= 11 is 0. The molecule has 2 aromatic carbocycles. The molecule has 3 aromatic rings. The third kappa shape index (κ3) is 6.55. The molecule has 7 heteroatoms. The van der Waals surface area contributed by atoms with Crippen LogP contribution in [0.5, 0.6) is 11.5 Å². The van der Waals surface area contributed by atoms with Crippen LogP contribution in [0.2, 0.25) is 0 Å². The van der Waals surface area contributed by atoms with Crippen molar-refractivity contribution in [1.82, 2.24) is 0 Å². The molecule has 0 spiro atoms. The summed E-state index contributed by atoms with van der Waals surface area (Å²) in [5.74, 6) is -0.0610. The second-order valence-corrected chi connectivity index (χ2v) is 7.48. The van der Waals surface area contributed by atoms with Crippen molar-refractivity contribution >= 4 is 22.9 Å². The Bertz CT molecular complexity index is 1190. The summed E-state index contributed by atoms with van der Waals surface area (Å²) in [6.07, 6.45) is 3.11. The number of benzene rings is 2. The molecule has 0 saturated heterocycles. The number of hydrogen-bond donors (Lipinski definition) is 0. The van der Waals surface area contributed by atoms with Gasteiger partial charge in [-0.2, -0.15) is 0 Å². The molecule has 3 rings (SSSR count). The van der Waals surface area contributed by atoms with E-state index in [1.165, 1.54) is 12.1 Å². The third-order valence-corrected chi connectivity index (χ3v) is 5.07. The van der Waals surface area contributed by atoms with Crippen LogP contribution in [0, 0.1) is 6.92 Å². The number of esters is 2. The number of aryl methyl sites for hydroxylation is 1. The molecule has 0 fully saturated rings.